The Morgan fingerprint density at radius 3 is 2.49 bits per heavy atom. The second kappa shape index (κ2) is 11.0. The number of nitrogens with one attached hydrogen (secondary N) is 2. The molecule has 3 amide bonds. The largest absolute Gasteiger partial charge is 0.452 e. The minimum atomic E-state index is -3.83. The molecule has 0 unspecified atom stereocenters. The van der Waals surface area contributed by atoms with E-state index in [1.807, 2.05) is 24.3 Å². The molecule has 9 nitrogen and oxygen atoms in total. The van der Waals surface area contributed by atoms with Crippen LogP contribution in [-0.2, 0) is 32.5 Å². The standard InChI is InChI=1S/C25H29N3O6S/c29-23(27-25(31)26-21-10-2-1-3-11-21)17-34-24(30)19-9-6-12-22(15-19)35(32,33)28-14-13-18-7-4-5-8-20(18)16-28/h4-9,12,15,21H,1-3,10-11,13-14,16-17H2,(H2,26,27,29,31). The fourth-order valence-electron chi connectivity index (χ4n) is 4.45. The van der Waals surface area contributed by atoms with E-state index in [4.69, 9.17) is 4.74 Å². The Kier molecular flexibility index (Phi) is 7.82. The van der Waals surface area contributed by atoms with Gasteiger partial charge in [-0.05, 0) is 48.6 Å². The average Bonchev–Trinajstić information content (AvgIpc) is 2.87. The zero-order valence-corrected chi connectivity index (χ0v) is 20.2. The van der Waals surface area contributed by atoms with Crippen molar-refractivity contribution in [1.82, 2.24) is 14.9 Å². The number of imide groups is 1. The summed E-state index contributed by atoms with van der Waals surface area (Å²) in [6.45, 7) is -0.0514. The van der Waals surface area contributed by atoms with Crippen LogP contribution in [0.5, 0.6) is 0 Å². The highest BCUT2D eigenvalue weighted by atomic mass is 32.2. The number of esters is 1. The number of hydrogen-bond acceptors (Lipinski definition) is 6. The fraction of sp³-hybridized carbons (Fsp3) is 0.400. The van der Waals surface area contributed by atoms with E-state index < -0.39 is 34.5 Å². The minimum Gasteiger partial charge on any atom is -0.452 e. The van der Waals surface area contributed by atoms with Gasteiger partial charge in [0.05, 0.1) is 10.5 Å². The van der Waals surface area contributed by atoms with Crippen LogP contribution < -0.4 is 10.6 Å². The van der Waals surface area contributed by atoms with Crippen LogP contribution in [0.1, 0.15) is 53.6 Å². The van der Waals surface area contributed by atoms with Gasteiger partial charge in [-0.25, -0.2) is 18.0 Å². The molecule has 10 heteroatoms. The van der Waals surface area contributed by atoms with Crippen LogP contribution >= 0.6 is 0 Å². The fourth-order valence-corrected chi connectivity index (χ4v) is 5.92. The summed E-state index contributed by atoms with van der Waals surface area (Å²) in [5.74, 6) is -1.61. The number of nitrogens with zero attached hydrogens (tertiary/aromatic N) is 1. The molecular weight excluding hydrogens is 470 g/mol. The minimum absolute atomic E-state index is 0.00272. The molecule has 2 aromatic carbocycles. The smallest absolute Gasteiger partial charge is 0.338 e. The normalized spacial score (nSPS) is 16.7. The van der Waals surface area contributed by atoms with Crippen LogP contribution in [0.4, 0.5) is 4.79 Å². The monoisotopic (exact) mass is 499 g/mol. The zero-order chi connectivity index (χ0) is 24.8. The number of sulfonamides is 1. The number of carbonyl (C=O) groups excluding carboxylic acids is 3. The highest BCUT2D eigenvalue weighted by molar-refractivity contribution is 7.89. The van der Waals surface area contributed by atoms with Gasteiger partial charge in [0.15, 0.2) is 6.61 Å². The van der Waals surface area contributed by atoms with Crippen molar-refractivity contribution in [2.75, 3.05) is 13.2 Å². The molecule has 0 radical (unpaired) electrons. The average molecular weight is 500 g/mol. The molecule has 35 heavy (non-hydrogen) atoms. The maximum atomic E-state index is 13.2. The second-order valence-corrected chi connectivity index (χ2v) is 10.8. The Morgan fingerprint density at radius 1 is 0.971 bits per heavy atom. The van der Waals surface area contributed by atoms with Gasteiger partial charge in [0.25, 0.3) is 5.91 Å². The summed E-state index contributed by atoms with van der Waals surface area (Å²) in [5, 5.41) is 4.90. The third kappa shape index (κ3) is 6.26. The maximum absolute atomic E-state index is 13.2. The van der Waals surface area contributed by atoms with E-state index in [0.29, 0.717) is 13.0 Å². The molecule has 186 valence electrons. The van der Waals surface area contributed by atoms with Crippen LogP contribution in [0.25, 0.3) is 0 Å². The predicted molar refractivity (Wildman–Crippen MR) is 128 cm³/mol. The number of urea groups is 1. The van der Waals surface area contributed by atoms with Crippen molar-refractivity contribution in [2.24, 2.45) is 0 Å². The first kappa shape index (κ1) is 24.9. The molecule has 0 spiro atoms. The van der Waals surface area contributed by atoms with Crippen LogP contribution in [0.3, 0.4) is 0 Å². The number of rotatable bonds is 6. The maximum Gasteiger partial charge on any atom is 0.338 e. The Balaban J connectivity index is 1.33. The molecule has 2 aliphatic rings. The highest BCUT2D eigenvalue weighted by Crippen LogP contribution is 2.25. The van der Waals surface area contributed by atoms with Crippen LogP contribution in [-0.4, -0.2) is 49.8 Å². The van der Waals surface area contributed by atoms with E-state index >= 15 is 0 Å². The summed E-state index contributed by atoms with van der Waals surface area (Å²) in [7, 11) is -3.83. The summed E-state index contributed by atoms with van der Waals surface area (Å²) in [6.07, 6.45) is 5.58. The van der Waals surface area contributed by atoms with E-state index in [0.717, 1.165) is 43.2 Å². The molecule has 1 saturated carbocycles. The first-order valence-corrected chi connectivity index (χ1v) is 13.2. The van der Waals surface area contributed by atoms with E-state index in [1.165, 1.54) is 28.6 Å². The van der Waals surface area contributed by atoms with Crippen molar-refractivity contribution < 1.29 is 27.5 Å². The number of amides is 3. The lowest BCUT2D eigenvalue weighted by atomic mass is 9.96. The Labute approximate surface area is 204 Å². The van der Waals surface area contributed by atoms with Crippen LogP contribution in [0.2, 0.25) is 0 Å². The summed E-state index contributed by atoms with van der Waals surface area (Å²) in [6, 6.07) is 12.7. The SMILES string of the molecule is O=C(COC(=O)c1cccc(S(=O)(=O)N2CCc3ccccc3C2)c1)NC(=O)NC1CCCCC1. The zero-order valence-electron chi connectivity index (χ0n) is 19.4. The quantitative estimate of drug-likeness (QED) is 0.590. The van der Waals surface area contributed by atoms with E-state index in [2.05, 4.69) is 10.6 Å². The van der Waals surface area contributed by atoms with Gasteiger partial charge >= 0.3 is 12.0 Å². The topological polar surface area (TPSA) is 122 Å². The Morgan fingerprint density at radius 2 is 1.71 bits per heavy atom. The van der Waals surface area contributed by atoms with Gasteiger partial charge in [-0.2, -0.15) is 4.31 Å². The van der Waals surface area contributed by atoms with Gasteiger partial charge in [-0.3, -0.25) is 10.1 Å². The Bertz CT molecular complexity index is 1210. The van der Waals surface area contributed by atoms with Gasteiger partial charge in [-0.15, -0.1) is 0 Å². The molecule has 0 atom stereocenters. The molecule has 1 aliphatic heterocycles. The molecule has 0 saturated heterocycles. The predicted octanol–water partition coefficient (Wildman–Crippen LogP) is 2.75. The van der Waals surface area contributed by atoms with Crippen molar-refractivity contribution >= 4 is 27.9 Å². The summed E-state index contributed by atoms with van der Waals surface area (Å²) < 4.78 is 32.8. The first-order valence-electron chi connectivity index (χ1n) is 11.8. The molecule has 2 N–H and O–H groups in total. The third-order valence-electron chi connectivity index (χ3n) is 6.33. The van der Waals surface area contributed by atoms with Gasteiger partial charge in [0.2, 0.25) is 10.0 Å². The molecule has 1 aliphatic carbocycles. The lowest BCUT2D eigenvalue weighted by molar-refractivity contribution is -0.123. The van der Waals surface area contributed by atoms with Crippen molar-refractivity contribution in [2.45, 2.75) is 56.0 Å². The summed E-state index contributed by atoms with van der Waals surface area (Å²) in [4.78, 5) is 36.4. The molecule has 0 aromatic heterocycles. The van der Waals surface area contributed by atoms with Crippen LogP contribution in [0.15, 0.2) is 53.4 Å². The van der Waals surface area contributed by atoms with Gasteiger partial charge in [-0.1, -0.05) is 49.6 Å². The summed E-state index contributed by atoms with van der Waals surface area (Å²) >= 11 is 0. The number of carbonyl (C=O) groups is 3. The van der Waals surface area contributed by atoms with Gasteiger partial charge in [0, 0.05) is 19.1 Å². The van der Waals surface area contributed by atoms with Crippen molar-refractivity contribution in [1.29, 1.82) is 0 Å². The first-order chi connectivity index (χ1) is 16.8. The Hall–Kier alpha value is -3.24. The van der Waals surface area contributed by atoms with Crippen molar-refractivity contribution in [3.8, 4) is 0 Å². The molecule has 2 aromatic rings. The third-order valence-corrected chi connectivity index (χ3v) is 8.17. The van der Waals surface area contributed by atoms with E-state index in [1.54, 1.807) is 0 Å². The number of hydrogen-bond donors (Lipinski definition) is 2. The van der Waals surface area contributed by atoms with Gasteiger partial charge < -0.3 is 10.1 Å². The number of ether oxygens (including phenoxy) is 1. The highest BCUT2D eigenvalue weighted by Gasteiger charge is 2.29. The van der Waals surface area contributed by atoms with Crippen molar-refractivity contribution in [3.05, 3.63) is 65.2 Å². The molecule has 4 rings (SSSR count). The van der Waals surface area contributed by atoms with Gasteiger partial charge in [0.1, 0.15) is 0 Å². The summed E-state index contributed by atoms with van der Waals surface area (Å²) in [5.41, 5.74) is 2.08. The van der Waals surface area contributed by atoms with E-state index in [9.17, 15) is 22.8 Å². The lowest BCUT2D eigenvalue weighted by Crippen LogP contribution is -2.46. The molecule has 1 fully saturated rings. The number of benzene rings is 2. The second-order valence-electron chi connectivity index (χ2n) is 8.82. The molecule has 1 heterocycles. The molecular formula is C25H29N3O6S. The van der Waals surface area contributed by atoms with Crippen molar-refractivity contribution in [3.63, 3.8) is 0 Å². The number of fused-ring (bicyclic) bond motifs is 1. The van der Waals surface area contributed by atoms with E-state index in [-0.39, 0.29) is 23.0 Å². The molecule has 0 bridgehead atoms. The van der Waals surface area contributed by atoms with Crippen LogP contribution in [0, 0.1) is 0 Å². The lowest BCUT2D eigenvalue weighted by Gasteiger charge is -2.28.